The minimum Gasteiger partial charge on any atom is -0.305 e. The van der Waals surface area contributed by atoms with Gasteiger partial charge in [0.1, 0.15) is 0 Å². The lowest BCUT2D eigenvalue weighted by molar-refractivity contribution is 0.0750. The van der Waals surface area contributed by atoms with Gasteiger partial charge in [-0.15, -0.1) is 5.11 Å². The van der Waals surface area contributed by atoms with E-state index in [1.807, 2.05) is 30.3 Å². The monoisotopic (exact) mass is 267 g/mol. The molecular formula is C14H13N5O. The van der Waals surface area contributed by atoms with Crippen LogP contribution >= 0.6 is 0 Å². The molecule has 0 radical (unpaired) electrons. The first-order chi connectivity index (χ1) is 9.72. The summed E-state index contributed by atoms with van der Waals surface area (Å²) in [6, 6.07) is 14.5. The minimum atomic E-state index is -0.275. The summed E-state index contributed by atoms with van der Waals surface area (Å²) < 4.78 is 0. The van der Waals surface area contributed by atoms with Gasteiger partial charge in [-0.1, -0.05) is 35.6 Å². The third kappa shape index (κ3) is 1.83. The predicted molar refractivity (Wildman–Crippen MR) is 73.8 cm³/mol. The van der Waals surface area contributed by atoms with Gasteiger partial charge >= 0.3 is 0 Å². The SMILES string of the molecule is NN=Nc1ccc(C2c3ccccc3C(=O)N2N)cc1. The number of benzene rings is 2. The molecule has 6 heteroatoms. The molecule has 1 atom stereocenters. The molecule has 1 unspecified atom stereocenters. The van der Waals surface area contributed by atoms with Crippen LogP contribution in [0.1, 0.15) is 27.5 Å². The molecule has 0 bridgehead atoms. The van der Waals surface area contributed by atoms with E-state index in [1.165, 1.54) is 5.01 Å². The van der Waals surface area contributed by atoms with Gasteiger partial charge in [-0.25, -0.2) is 5.84 Å². The molecule has 1 heterocycles. The van der Waals surface area contributed by atoms with Gasteiger partial charge in [0.2, 0.25) is 0 Å². The molecule has 1 amide bonds. The summed E-state index contributed by atoms with van der Waals surface area (Å²) in [6.45, 7) is 0. The highest BCUT2D eigenvalue weighted by atomic mass is 16.2. The molecule has 0 spiro atoms. The zero-order valence-corrected chi connectivity index (χ0v) is 10.6. The quantitative estimate of drug-likeness (QED) is 0.377. The van der Waals surface area contributed by atoms with Crippen molar-refractivity contribution in [3.8, 4) is 0 Å². The van der Waals surface area contributed by atoms with Crippen LogP contribution in [-0.4, -0.2) is 10.9 Å². The third-order valence-corrected chi connectivity index (χ3v) is 3.38. The molecule has 1 aliphatic rings. The average Bonchev–Trinajstić information content (AvgIpc) is 2.73. The second kappa shape index (κ2) is 4.75. The second-order valence-electron chi connectivity index (χ2n) is 4.51. The van der Waals surface area contributed by atoms with E-state index < -0.39 is 0 Å². The summed E-state index contributed by atoms with van der Waals surface area (Å²) in [5.41, 5.74) is 3.12. The van der Waals surface area contributed by atoms with Crippen LogP contribution < -0.4 is 11.7 Å². The maximum absolute atomic E-state index is 12.1. The lowest BCUT2D eigenvalue weighted by Crippen LogP contribution is -2.35. The van der Waals surface area contributed by atoms with Crippen molar-refractivity contribution in [3.05, 3.63) is 65.2 Å². The van der Waals surface area contributed by atoms with E-state index in [0.717, 1.165) is 11.1 Å². The summed E-state index contributed by atoms with van der Waals surface area (Å²) in [5.74, 6) is 10.8. The number of nitrogens with zero attached hydrogens (tertiary/aromatic N) is 3. The van der Waals surface area contributed by atoms with E-state index in [0.29, 0.717) is 11.3 Å². The highest BCUT2D eigenvalue weighted by molar-refractivity contribution is 5.99. The Morgan fingerprint density at radius 1 is 1.05 bits per heavy atom. The van der Waals surface area contributed by atoms with Gasteiger partial charge in [0.25, 0.3) is 5.91 Å². The van der Waals surface area contributed by atoms with Gasteiger partial charge in [0.15, 0.2) is 0 Å². The van der Waals surface area contributed by atoms with E-state index in [2.05, 4.69) is 10.3 Å². The Bertz CT molecular complexity index is 680. The first-order valence-corrected chi connectivity index (χ1v) is 6.10. The summed E-state index contributed by atoms with van der Waals surface area (Å²) in [5, 5.41) is 8.23. The fraction of sp³-hybridized carbons (Fsp3) is 0.0714. The molecule has 2 aromatic rings. The van der Waals surface area contributed by atoms with E-state index in [1.54, 1.807) is 18.2 Å². The van der Waals surface area contributed by atoms with Crippen molar-refractivity contribution in [3.63, 3.8) is 0 Å². The van der Waals surface area contributed by atoms with E-state index in [-0.39, 0.29) is 11.9 Å². The number of hydrazine groups is 1. The minimum absolute atomic E-state index is 0.170. The molecular weight excluding hydrogens is 254 g/mol. The molecule has 4 N–H and O–H groups in total. The number of carbonyl (C=O) groups is 1. The second-order valence-corrected chi connectivity index (χ2v) is 4.51. The molecule has 3 rings (SSSR count). The topological polar surface area (TPSA) is 97.1 Å². The highest BCUT2D eigenvalue weighted by Crippen LogP contribution is 2.36. The number of fused-ring (bicyclic) bond motifs is 1. The van der Waals surface area contributed by atoms with Crippen molar-refractivity contribution in [1.29, 1.82) is 0 Å². The Hall–Kier alpha value is -2.73. The summed E-state index contributed by atoms with van der Waals surface area (Å²) in [6.07, 6.45) is 0. The summed E-state index contributed by atoms with van der Waals surface area (Å²) >= 11 is 0. The molecule has 0 saturated heterocycles. The average molecular weight is 267 g/mol. The lowest BCUT2D eigenvalue weighted by Gasteiger charge is -2.20. The van der Waals surface area contributed by atoms with Crippen LogP contribution in [0.4, 0.5) is 5.69 Å². The smallest absolute Gasteiger partial charge is 0.269 e. The normalized spacial score (nSPS) is 17.8. The zero-order chi connectivity index (χ0) is 14.1. The zero-order valence-electron chi connectivity index (χ0n) is 10.6. The summed E-state index contributed by atoms with van der Waals surface area (Å²) in [7, 11) is 0. The van der Waals surface area contributed by atoms with Crippen molar-refractivity contribution < 1.29 is 4.79 Å². The molecule has 0 aromatic heterocycles. The van der Waals surface area contributed by atoms with Crippen LogP contribution in [-0.2, 0) is 0 Å². The Morgan fingerprint density at radius 2 is 1.75 bits per heavy atom. The molecule has 0 fully saturated rings. The van der Waals surface area contributed by atoms with Crippen molar-refractivity contribution in [2.75, 3.05) is 0 Å². The fourth-order valence-corrected chi connectivity index (χ4v) is 2.47. The molecule has 0 aliphatic carbocycles. The van der Waals surface area contributed by atoms with Gasteiger partial charge in [0.05, 0.1) is 11.7 Å². The Kier molecular flexibility index (Phi) is 2.92. The molecule has 1 aliphatic heterocycles. The van der Waals surface area contributed by atoms with Crippen LogP contribution in [0.2, 0.25) is 0 Å². The molecule has 0 saturated carbocycles. The first kappa shape index (κ1) is 12.3. The number of carbonyl (C=O) groups excluding carboxylic acids is 1. The van der Waals surface area contributed by atoms with Crippen molar-refractivity contribution in [2.45, 2.75) is 6.04 Å². The van der Waals surface area contributed by atoms with Gasteiger partial charge in [-0.05, 0) is 29.3 Å². The number of rotatable bonds is 2. The maximum atomic E-state index is 12.1. The van der Waals surface area contributed by atoms with Crippen molar-refractivity contribution in [1.82, 2.24) is 5.01 Å². The molecule has 20 heavy (non-hydrogen) atoms. The predicted octanol–water partition coefficient (Wildman–Crippen LogP) is 2.06. The number of hydrogen-bond acceptors (Lipinski definition) is 4. The van der Waals surface area contributed by atoms with Crippen LogP contribution in [0.5, 0.6) is 0 Å². The molecule has 6 nitrogen and oxygen atoms in total. The summed E-state index contributed by atoms with van der Waals surface area (Å²) in [4.78, 5) is 12.1. The number of amides is 1. The number of nitrogens with two attached hydrogens (primary N) is 2. The third-order valence-electron chi connectivity index (χ3n) is 3.38. The largest absolute Gasteiger partial charge is 0.305 e. The van der Waals surface area contributed by atoms with Crippen LogP contribution in [0, 0.1) is 0 Å². The first-order valence-electron chi connectivity index (χ1n) is 6.10. The van der Waals surface area contributed by atoms with Crippen LogP contribution in [0.15, 0.2) is 58.9 Å². The Balaban J connectivity index is 2.04. The van der Waals surface area contributed by atoms with Crippen molar-refractivity contribution in [2.24, 2.45) is 22.0 Å². The lowest BCUT2D eigenvalue weighted by atomic mass is 9.98. The standard InChI is InChI=1S/C14H13N5O/c15-18-17-10-7-5-9(6-8-10)13-11-3-1-2-4-12(11)14(20)19(13)16/h1-8,13H,16H2,(H2,15,17). The maximum Gasteiger partial charge on any atom is 0.269 e. The number of hydrogen-bond donors (Lipinski definition) is 2. The highest BCUT2D eigenvalue weighted by Gasteiger charge is 2.35. The Labute approximate surface area is 115 Å². The van der Waals surface area contributed by atoms with Gasteiger partial charge in [0, 0.05) is 5.56 Å². The van der Waals surface area contributed by atoms with E-state index in [4.69, 9.17) is 11.7 Å². The van der Waals surface area contributed by atoms with Crippen LogP contribution in [0.25, 0.3) is 0 Å². The Morgan fingerprint density at radius 3 is 2.45 bits per heavy atom. The van der Waals surface area contributed by atoms with Gasteiger partial charge < -0.3 is 5.84 Å². The van der Waals surface area contributed by atoms with Gasteiger partial charge in [-0.2, -0.15) is 0 Å². The van der Waals surface area contributed by atoms with Crippen molar-refractivity contribution >= 4 is 11.6 Å². The fourth-order valence-electron chi connectivity index (χ4n) is 2.47. The molecule has 2 aromatic carbocycles. The van der Waals surface area contributed by atoms with E-state index >= 15 is 0 Å². The van der Waals surface area contributed by atoms with E-state index in [9.17, 15) is 4.79 Å². The van der Waals surface area contributed by atoms with Crippen LogP contribution in [0.3, 0.4) is 0 Å². The molecule has 100 valence electrons. The van der Waals surface area contributed by atoms with Gasteiger partial charge in [-0.3, -0.25) is 9.80 Å².